The summed E-state index contributed by atoms with van der Waals surface area (Å²) < 4.78 is 0. The quantitative estimate of drug-likeness (QED) is 0.822. The Morgan fingerprint density at radius 1 is 1.06 bits per heavy atom. The van der Waals surface area contributed by atoms with Gasteiger partial charge in [-0.1, -0.05) is 24.1 Å². The minimum absolute atomic E-state index is 0.702. The first-order valence-electron chi connectivity index (χ1n) is 7.33. The van der Waals surface area contributed by atoms with Gasteiger partial charge < -0.3 is 5.32 Å². The first-order valence-corrected chi connectivity index (χ1v) is 7.71. The highest BCUT2D eigenvalue weighted by Gasteiger charge is 2.53. The van der Waals surface area contributed by atoms with Crippen molar-refractivity contribution in [1.29, 1.82) is 0 Å². The maximum atomic E-state index is 6.06. The fourth-order valence-corrected chi connectivity index (χ4v) is 5.22. The second-order valence-electron chi connectivity index (χ2n) is 6.42. The van der Waals surface area contributed by atoms with Crippen molar-refractivity contribution in [1.82, 2.24) is 0 Å². The molecule has 1 nitrogen and oxygen atoms in total. The molecule has 1 aromatic rings. The number of nitrogens with one attached hydrogen (secondary N) is 1. The van der Waals surface area contributed by atoms with E-state index < -0.39 is 0 Å². The third-order valence-electron chi connectivity index (χ3n) is 5.61. The lowest BCUT2D eigenvalue weighted by molar-refractivity contribution is 0.243. The van der Waals surface area contributed by atoms with Crippen LogP contribution in [0.1, 0.15) is 32.1 Å². The molecule has 0 aromatic heterocycles. The summed E-state index contributed by atoms with van der Waals surface area (Å²) in [4.78, 5) is 0. The Kier molecular flexibility index (Phi) is 2.58. The van der Waals surface area contributed by atoms with Crippen molar-refractivity contribution in [3.63, 3.8) is 0 Å². The lowest BCUT2D eigenvalue weighted by Gasteiger charge is -2.32. The maximum absolute atomic E-state index is 6.06. The summed E-state index contributed by atoms with van der Waals surface area (Å²) in [6, 6.07) is 8.88. The minimum Gasteiger partial charge on any atom is -0.382 e. The van der Waals surface area contributed by atoms with Gasteiger partial charge in [0, 0.05) is 16.8 Å². The van der Waals surface area contributed by atoms with Crippen LogP contribution in [0.4, 0.5) is 5.69 Å². The molecule has 5 atom stereocenters. The monoisotopic (exact) mass is 261 g/mol. The second kappa shape index (κ2) is 4.16. The molecule has 96 valence electrons. The summed E-state index contributed by atoms with van der Waals surface area (Å²) in [5.74, 6) is 4.05. The van der Waals surface area contributed by atoms with Crippen molar-refractivity contribution in [3.05, 3.63) is 29.3 Å². The zero-order chi connectivity index (χ0) is 12.1. The number of fused-ring (bicyclic) bond motifs is 5. The summed E-state index contributed by atoms with van der Waals surface area (Å²) in [5, 5.41) is 4.58. The lowest BCUT2D eigenvalue weighted by atomic mass is 9.79. The Balaban J connectivity index is 1.51. The van der Waals surface area contributed by atoms with Gasteiger partial charge in [0.25, 0.3) is 0 Å². The molecule has 0 radical (unpaired) electrons. The predicted octanol–water partition coefficient (Wildman–Crippen LogP) is 4.58. The van der Waals surface area contributed by atoms with Gasteiger partial charge in [0.05, 0.1) is 0 Å². The van der Waals surface area contributed by atoms with Crippen LogP contribution in [0.5, 0.6) is 0 Å². The SMILES string of the molecule is Clc1cccc(NC2CC3CC2C2CCCC32)c1. The van der Waals surface area contributed by atoms with Crippen molar-refractivity contribution in [2.24, 2.45) is 23.7 Å². The summed E-state index contributed by atoms with van der Waals surface area (Å²) in [6.45, 7) is 0. The molecule has 0 spiro atoms. The smallest absolute Gasteiger partial charge is 0.0426 e. The Bertz CT molecular complexity index is 458. The molecule has 0 saturated heterocycles. The van der Waals surface area contributed by atoms with Crippen LogP contribution in [0.25, 0.3) is 0 Å². The molecule has 1 N–H and O–H groups in total. The molecule has 0 amide bonds. The molecule has 3 fully saturated rings. The lowest BCUT2D eigenvalue weighted by Crippen LogP contribution is -2.33. The van der Waals surface area contributed by atoms with E-state index in [2.05, 4.69) is 17.4 Å². The van der Waals surface area contributed by atoms with Crippen molar-refractivity contribution in [2.75, 3.05) is 5.32 Å². The van der Waals surface area contributed by atoms with Gasteiger partial charge in [0.2, 0.25) is 0 Å². The highest BCUT2D eigenvalue weighted by atomic mass is 35.5. The molecule has 5 unspecified atom stereocenters. The van der Waals surface area contributed by atoms with E-state index >= 15 is 0 Å². The standard InChI is InChI=1S/C16H20ClN/c17-11-3-1-4-12(9-11)18-16-8-10-7-15(16)14-6-2-5-13(10)14/h1,3-4,9-10,13-16,18H,2,5-8H2. The highest BCUT2D eigenvalue weighted by molar-refractivity contribution is 6.30. The summed E-state index contributed by atoms with van der Waals surface area (Å²) >= 11 is 6.06. The number of rotatable bonds is 2. The molecule has 3 aliphatic rings. The molecular weight excluding hydrogens is 242 g/mol. The molecule has 1 aromatic carbocycles. The third kappa shape index (κ3) is 1.67. The van der Waals surface area contributed by atoms with Crippen LogP contribution in [-0.4, -0.2) is 6.04 Å². The van der Waals surface area contributed by atoms with E-state index in [1.54, 1.807) is 0 Å². The van der Waals surface area contributed by atoms with Crippen molar-refractivity contribution in [2.45, 2.75) is 38.1 Å². The topological polar surface area (TPSA) is 12.0 Å². The van der Waals surface area contributed by atoms with Gasteiger partial charge in [0.1, 0.15) is 0 Å². The molecule has 4 rings (SSSR count). The maximum Gasteiger partial charge on any atom is 0.0426 e. The first kappa shape index (κ1) is 11.2. The number of benzene rings is 1. The average molecular weight is 262 g/mol. The third-order valence-corrected chi connectivity index (χ3v) is 5.84. The Morgan fingerprint density at radius 3 is 2.83 bits per heavy atom. The van der Waals surface area contributed by atoms with Crippen LogP contribution in [0.3, 0.4) is 0 Å². The van der Waals surface area contributed by atoms with Gasteiger partial charge in [-0.2, -0.15) is 0 Å². The van der Waals surface area contributed by atoms with Gasteiger partial charge in [0.15, 0.2) is 0 Å². The predicted molar refractivity (Wildman–Crippen MR) is 75.9 cm³/mol. The van der Waals surface area contributed by atoms with Crippen molar-refractivity contribution in [3.8, 4) is 0 Å². The summed E-state index contributed by atoms with van der Waals surface area (Å²) in [6.07, 6.45) is 7.34. The second-order valence-corrected chi connectivity index (χ2v) is 6.85. The van der Waals surface area contributed by atoms with E-state index in [0.717, 1.165) is 28.7 Å². The molecule has 18 heavy (non-hydrogen) atoms. The van der Waals surface area contributed by atoms with Crippen molar-refractivity contribution >= 4 is 17.3 Å². The zero-order valence-electron chi connectivity index (χ0n) is 10.6. The molecular formula is C16H20ClN. The average Bonchev–Trinajstić information content (AvgIpc) is 2.99. The van der Waals surface area contributed by atoms with Gasteiger partial charge in [-0.25, -0.2) is 0 Å². The number of hydrogen-bond acceptors (Lipinski definition) is 1. The Hall–Kier alpha value is -0.690. The largest absolute Gasteiger partial charge is 0.382 e. The van der Waals surface area contributed by atoms with Gasteiger partial charge in [-0.15, -0.1) is 0 Å². The van der Waals surface area contributed by atoms with E-state index in [0.29, 0.717) is 6.04 Å². The molecule has 3 saturated carbocycles. The van der Waals surface area contributed by atoms with Crippen LogP contribution in [0.15, 0.2) is 24.3 Å². The van der Waals surface area contributed by atoms with Crippen LogP contribution < -0.4 is 5.32 Å². The number of hydrogen-bond donors (Lipinski definition) is 1. The molecule has 0 aliphatic heterocycles. The molecule has 0 heterocycles. The fraction of sp³-hybridized carbons (Fsp3) is 0.625. The highest BCUT2D eigenvalue weighted by Crippen LogP contribution is 2.59. The summed E-state index contributed by atoms with van der Waals surface area (Å²) in [7, 11) is 0. The normalized spacial score (nSPS) is 41.1. The van der Waals surface area contributed by atoms with E-state index in [-0.39, 0.29) is 0 Å². The van der Waals surface area contributed by atoms with E-state index in [9.17, 15) is 0 Å². The zero-order valence-corrected chi connectivity index (χ0v) is 11.4. The number of halogens is 1. The fourth-order valence-electron chi connectivity index (χ4n) is 5.03. The Labute approximate surface area is 114 Å². The molecule has 2 heteroatoms. The van der Waals surface area contributed by atoms with Gasteiger partial charge in [-0.3, -0.25) is 0 Å². The van der Waals surface area contributed by atoms with E-state index in [1.165, 1.54) is 37.8 Å². The molecule has 3 aliphatic carbocycles. The van der Waals surface area contributed by atoms with Crippen LogP contribution in [-0.2, 0) is 0 Å². The van der Waals surface area contributed by atoms with Gasteiger partial charge in [-0.05, 0) is 67.6 Å². The van der Waals surface area contributed by atoms with Crippen LogP contribution in [0, 0.1) is 23.7 Å². The van der Waals surface area contributed by atoms with E-state index in [4.69, 9.17) is 11.6 Å². The van der Waals surface area contributed by atoms with Gasteiger partial charge >= 0.3 is 0 Å². The van der Waals surface area contributed by atoms with Crippen LogP contribution in [0.2, 0.25) is 5.02 Å². The Morgan fingerprint density at radius 2 is 1.94 bits per heavy atom. The van der Waals surface area contributed by atoms with E-state index in [1.807, 2.05) is 12.1 Å². The molecule has 2 bridgehead atoms. The minimum atomic E-state index is 0.702. The number of anilines is 1. The first-order chi connectivity index (χ1) is 8.81. The van der Waals surface area contributed by atoms with Crippen LogP contribution >= 0.6 is 11.6 Å². The summed E-state index contributed by atoms with van der Waals surface area (Å²) in [5.41, 5.74) is 1.20. The van der Waals surface area contributed by atoms with Crippen molar-refractivity contribution < 1.29 is 0 Å².